The summed E-state index contributed by atoms with van der Waals surface area (Å²) in [5, 5.41) is 2.71. The molecule has 1 unspecified atom stereocenters. The fraction of sp³-hybridized carbons (Fsp3) is 0.0526. The molecule has 0 aromatic heterocycles. The van der Waals surface area contributed by atoms with Crippen molar-refractivity contribution < 1.29 is 31.5 Å². The summed E-state index contributed by atoms with van der Waals surface area (Å²) in [5.41, 5.74) is 0.485. The number of para-hydroxylation sites is 2. The maximum atomic E-state index is 13.3. The van der Waals surface area contributed by atoms with Crippen LogP contribution in [-0.2, 0) is 4.57 Å². The number of hydrogen-bond acceptors (Lipinski definition) is 4. The van der Waals surface area contributed by atoms with Gasteiger partial charge in [0.05, 0.1) is 0 Å². The maximum absolute atomic E-state index is 13.3. The molecule has 0 amide bonds. The Morgan fingerprint density at radius 2 is 1.14 bits per heavy atom. The number of rotatable bonds is 7. The minimum absolute atomic E-state index is 0.0391. The number of ether oxygens (including phenoxy) is 1. The van der Waals surface area contributed by atoms with Crippen LogP contribution in [0.5, 0.6) is 17.2 Å². The zero-order valence-electron chi connectivity index (χ0n) is 14.3. The summed E-state index contributed by atoms with van der Waals surface area (Å²) in [4.78, 5) is 0. The molecule has 3 aromatic carbocycles. The van der Waals surface area contributed by atoms with Gasteiger partial charge in [-0.2, -0.15) is 0 Å². The first-order chi connectivity index (χ1) is 13.3. The molecule has 0 aliphatic rings. The number of halogens is 3. The van der Waals surface area contributed by atoms with Gasteiger partial charge in [-0.05, 0) is 48.5 Å². The summed E-state index contributed by atoms with van der Waals surface area (Å²) in [6.07, 6.45) is -4.80. The molecule has 0 radical (unpaired) electrons. The van der Waals surface area contributed by atoms with Crippen molar-refractivity contribution >= 4 is 13.4 Å². The fourth-order valence-electron chi connectivity index (χ4n) is 2.20. The highest BCUT2D eigenvalue weighted by atomic mass is 31.2. The van der Waals surface area contributed by atoms with Gasteiger partial charge in [0.25, 0.3) is 0 Å². The third kappa shape index (κ3) is 5.96. The molecule has 0 spiro atoms. The molecule has 0 heterocycles. The van der Waals surface area contributed by atoms with Crippen LogP contribution >= 0.6 is 7.75 Å². The smallest absolute Gasteiger partial charge is 0.406 e. The highest BCUT2D eigenvalue weighted by Crippen LogP contribution is 2.48. The van der Waals surface area contributed by atoms with E-state index >= 15 is 0 Å². The molecular formula is C19H15F3NO4P. The Kier molecular flexibility index (Phi) is 5.80. The standard InChI is InChI=1S/C19H15F3NO4P/c20-19(21,22)25-16-11-13-18(14-12-16)27-28(24,23-15-7-3-1-4-8-15)26-17-9-5-2-6-10-17/h1-14H,(H,23,24). The normalized spacial score (nSPS) is 13.2. The topological polar surface area (TPSA) is 56.8 Å². The van der Waals surface area contributed by atoms with Gasteiger partial charge in [0.1, 0.15) is 17.2 Å². The molecule has 0 fully saturated rings. The Morgan fingerprint density at radius 3 is 1.68 bits per heavy atom. The SMILES string of the molecule is O=P(Nc1ccccc1)(Oc1ccccc1)Oc1ccc(OC(F)(F)F)cc1. The molecule has 0 saturated heterocycles. The second-order valence-corrected chi connectivity index (χ2v) is 7.07. The van der Waals surface area contributed by atoms with Gasteiger partial charge < -0.3 is 13.8 Å². The molecule has 28 heavy (non-hydrogen) atoms. The van der Waals surface area contributed by atoms with E-state index in [2.05, 4.69) is 9.82 Å². The number of nitrogens with one attached hydrogen (secondary N) is 1. The monoisotopic (exact) mass is 409 g/mol. The van der Waals surface area contributed by atoms with Crippen LogP contribution in [-0.4, -0.2) is 6.36 Å². The van der Waals surface area contributed by atoms with Crippen LogP contribution in [0, 0.1) is 0 Å². The first kappa shape index (κ1) is 19.6. The van der Waals surface area contributed by atoms with Crippen LogP contribution in [0.2, 0.25) is 0 Å². The van der Waals surface area contributed by atoms with Crippen LogP contribution in [0.15, 0.2) is 84.9 Å². The first-order valence-electron chi connectivity index (χ1n) is 8.05. The number of benzene rings is 3. The van der Waals surface area contributed by atoms with Crippen molar-refractivity contribution in [3.8, 4) is 17.2 Å². The molecule has 3 aromatic rings. The van der Waals surface area contributed by atoms with Crippen LogP contribution in [0.25, 0.3) is 0 Å². The Hall–Kier alpha value is -3.12. The molecule has 0 aliphatic heterocycles. The van der Waals surface area contributed by atoms with E-state index in [1.54, 1.807) is 60.7 Å². The van der Waals surface area contributed by atoms with E-state index in [1.807, 2.05) is 0 Å². The molecule has 1 N–H and O–H groups in total. The molecular weight excluding hydrogens is 394 g/mol. The lowest BCUT2D eigenvalue weighted by Gasteiger charge is -2.21. The predicted octanol–water partition coefficient (Wildman–Crippen LogP) is 6.26. The quantitative estimate of drug-likeness (QED) is 0.467. The Balaban J connectivity index is 1.81. The first-order valence-corrected chi connectivity index (χ1v) is 9.59. The second-order valence-electron chi connectivity index (χ2n) is 5.49. The van der Waals surface area contributed by atoms with Crippen molar-refractivity contribution in [1.29, 1.82) is 0 Å². The van der Waals surface area contributed by atoms with E-state index in [4.69, 9.17) is 9.05 Å². The fourth-order valence-corrected chi connectivity index (χ4v) is 3.59. The van der Waals surface area contributed by atoms with Crippen LogP contribution in [0.4, 0.5) is 18.9 Å². The van der Waals surface area contributed by atoms with E-state index in [1.165, 1.54) is 12.1 Å². The highest BCUT2D eigenvalue weighted by molar-refractivity contribution is 7.56. The van der Waals surface area contributed by atoms with Gasteiger partial charge in [0.2, 0.25) is 0 Å². The van der Waals surface area contributed by atoms with Gasteiger partial charge in [0.15, 0.2) is 0 Å². The van der Waals surface area contributed by atoms with E-state index in [0.29, 0.717) is 11.4 Å². The predicted molar refractivity (Wildman–Crippen MR) is 98.5 cm³/mol. The third-order valence-electron chi connectivity index (χ3n) is 3.29. The molecule has 0 bridgehead atoms. The van der Waals surface area contributed by atoms with E-state index < -0.39 is 19.9 Å². The number of anilines is 1. The van der Waals surface area contributed by atoms with E-state index in [-0.39, 0.29) is 5.75 Å². The van der Waals surface area contributed by atoms with Crippen molar-refractivity contribution in [1.82, 2.24) is 0 Å². The highest BCUT2D eigenvalue weighted by Gasteiger charge is 2.32. The van der Waals surface area contributed by atoms with Gasteiger partial charge >= 0.3 is 14.1 Å². The van der Waals surface area contributed by atoms with Crippen LogP contribution < -0.4 is 18.9 Å². The van der Waals surface area contributed by atoms with Gasteiger partial charge in [-0.15, -0.1) is 13.2 Å². The molecule has 0 saturated carbocycles. The summed E-state index contributed by atoms with van der Waals surface area (Å²) in [6, 6.07) is 21.5. The van der Waals surface area contributed by atoms with Crippen molar-refractivity contribution in [3.63, 3.8) is 0 Å². The molecule has 5 nitrogen and oxygen atoms in total. The minimum atomic E-state index is -4.80. The minimum Gasteiger partial charge on any atom is -0.406 e. The zero-order chi connectivity index (χ0) is 20.0. The molecule has 0 aliphatic carbocycles. The molecule has 1 atom stereocenters. The van der Waals surface area contributed by atoms with Crippen molar-refractivity contribution in [2.45, 2.75) is 6.36 Å². The molecule has 146 valence electrons. The van der Waals surface area contributed by atoms with Crippen molar-refractivity contribution in [2.24, 2.45) is 0 Å². The largest absolute Gasteiger partial charge is 0.573 e. The van der Waals surface area contributed by atoms with E-state index in [0.717, 1.165) is 12.1 Å². The van der Waals surface area contributed by atoms with Crippen LogP contribution in [0.3, 0.4) is 0 Å². The lowest BCUT2D eigenvalue weighted by atomic mass is 10.3. The van der Waals surface area contributed by atoms with Crippen molar-refractivity contribution in [3.05, 3.63) is 84.9 Å². The summed E-state index contributed by atoms with van der Waals surface area (Å²) < 4.78 is 64.9. The number of hydrogen-bond donors (Lipinski definition) is 1. The summed E-state index contributed by atoms with van der Waals surface area (Å²) >= 11 is 0. The Bertz CT molecular complexity index is 889. The Morgan fingerprint density at radius 1 is 0.679 bits per heavy atom. The summed E-state index contributed by atoms with van der Waals surface area (Å²) in [7, 11) is -3.95. The average molecular weight is 409 g/mol. The van der Waals surface area contributed by atoms with Gasteiger partial charge in [0, 0.05) is 5.69 Å². The second kappa shape index (κ2) is 8.27. The van der Waals surface area contributed by atoms with Gasteiger partial charge in [-0.25, -0.2) is 4.57 Å². The van der Waals surface area contributed by atoms with Gasteiger partial charge in [-0.1, -0.05) is 36.4 Å². The average Bonchev–Trinajstić information content (AvgIpc) is 2.63. The zero-order valence-corrected chi connectivity index (χ0v) is 15.2. The summed E-state index contributed by atoms with van der Waals surface area (Å²) in [5.74, 6) is -0.0850. The summed E-state index contributed by atoms with van der Waals surface area (Å²) in [6.45, 7) is 0. The molecule has 9 heteroatoms. The van der Waals surface area contributed by atoms with Gasteiger partial charge in [-0.3, -0.25) is 5.09 Å². The number of alkyl halides is 3. The Labute approximate surface area is 159 Å². The third-order valence-corrected chi connectivity index (χ3v) is 4.73. The lowest BCUT2D eigenvalue weighted by molar-refractivity contribution is -0.274. The maximum Gasteiger partial charge on any atom is 0.573 e. The van der Waals surface area contributed by atoms with Crippen LogP contribution in [0.1, 0.15) is 0 Å². The molecule has 3 rings (SSSR count). The van der Waals surface area contributed by atoms with Crippen molar-refractivity contribution in [2.75, 3.05) is 5.09 Å². The lowest BCUT2D eigenvalue weighted by Crippen LogP contribution is -2.17. The van der Waals surface area contributed by atoms with E-state index in [9.17, 15) is 17.7 Å².